The van der Waals surface area contributed by atoms with Gasteiger partial charge in [0.2, 0.25) is 0 Å². The van der Waals surface area contributed by atoms with Gasteiger partial charge in [-0.05, 0) is 24.3 Å². The average Bonchev–Trinajstić information content (AvgIpc) is 2.69. The summed E-state index contributed by atoms with van der Waals surface area (Å²) in [5, 5.41) is 6.16. The largest absolute Gasteiger partial charge is 0.332 e. The molecule has 0 spiro atoms. The second-order valence-corrected chi connectivity index (χ2v) is 4.12. The highest BCUT2D eigenvalue weighted by atomic mass is 35.5. The molecule has 1 N–H and O–H groups in total. The highest BCUT2D eigenvalue weighted by Gasteiger charge is 2.00. The van der Waals surface area contributed by atoms with E-state index in [2.05, 4.69) is 10.3 Å². The van der Waals surface area contributed by atoms with Crippen LogP contribution in [0.2, 0.25) is 5.02 Å². The fraction of sp³-hybridized carbons (Fsp3) is 0. The Bertz CT molecular complexity index is 467. The van der Waals surface area contributed by atoms with Gasteiger partial charge in [0, 0.05) is 16.1 Å². The van der Waals surface area contributed by atoms with Gasteiger partial charge in [-0.2, -0.15) is 0 Å². The number of hydrogen-bond donors (Lipinski definition) is 1. The molecule has 1 heterocycles. The summed E-state index contributed by atoms with van der Waals surface area (Å²) in [5.41, 5.74) is 1.34. The molecule has 0 fully saturated rings. The van der Waals surface area contributed by atoms with E-state index in [9.17, 15) is 4.79 Å². The molecule has 0 aliphatic heterocycles. The zero-order valence-electron chi connectivity index (χ0n) is 7.61. The number of aromatic nitrogens is 1. The third kappa shape index (κ3) is 2.55. The van der Waals surface area contributed by atoms with Crippen molar-refractivity contribution in [1.29, 1.82) is 0 Å². The normalized spacial score (nSPS) is 9.93. The maximum Gasteiger partial charge on any atom is 0.187 e. The van der Waals surface area contributed by atoms with Crippen LogP contribution >= 0.6 is 22.9 Å². The van der Waals surface area contributed by atoms with E-state index in [1.807, 2.05) is 12.1 Å². The number of aldehydes is 1. The molecule has 2 aromatic rings. The Kier molecular flexibility index (Phi) is 2.99. The van der Waals surface area contributed by atoms with Gasteiger partial charge in [-0.1, -0.05) is 11.6 Å². The first-order valence-corrected chi connectivity index (χ1v) is 5.47. The van der Waals surface area contributed by atoms with Crippen LogP contribution in [0.3, 0.4) is 0 Å². The molecule has 15 heavy (non-hydrogen) atoms. The molecule has 1 aromatic carbocycles. The highest BCUT2D eigenvalue weighted by Crippen LogP contribution is 2.21. The third-order valence-corrected chi connectivity index (χ3v) is 2.77. The molecule has 3 nitrogen and oxygen atoms in total. The van der Waals surface area contributed by atoms with Gasteiger partial charge >= 0.3 is 0 Å². The second kappa shape index (κ2) is 4.42. The summed E-state index contributed by atoms with van der Waals surface area (Å²) in [4.78, 5) is 14.5. The molecule has 0 bridgehead atoms. The molecule has 0 unspecified atom stereocenters. The number of nitrogens with zero attached hydrogens (tertiary/aromatic N) is 1. The van der Waals surface area contributed by atoms with Crippen molar-refractivity contribution in [3.8, 4) is 0 Å². The molecule has 0 atom stereocenters. The van der Waals surface area contributed by atoms with Crippen molar-refractivity contribution in [3.05, 3.63) is 40.4 Å². The first-order valence-electron chi connectivity index (χ1n) is 4.21. The Morgan fingerprint density at radius 3 is 2.67 bits per heavy atom. The number of hydrogen-bond acceptors (Lipinski definition) is 4. The van der Waals surface area contributed by atoms with E-state index in [4.69, 9.17) is 11.6 Å². The van der Waals surface area contributed by atoms with Gasteiger partial charge < -0.3 is 5.32 Å². The zero-order valence-corrected chi connectivity index (χ0v) is 9.18. The van der Waals surface area contributed by atoms with Gasteiger partial charge in [-0.3, -0.25) is 4.79 Å². The monoisotopic (exact) mass is 238 g/mol. The van der Waals surface area contributed by atoms with Crippen LogP contribution in [0.5, 0.6) is 0 Å². The van der Waals surface area contributed by atoms with Crippen molar-refractivity contribution in [2.75, 3.05) is 5.32 Å². The Balaban J connectivity index is 2.14. The predicted octanol–water partition coefficient (Wildman–Crippen LogP) is 3.35. The molecular formula is C10H7ClN2OS. The fourth-order valence-corrected chi connectivity index (χ4v) is 1.86. The van der Waals surface area contributed by atoms with E-state index in [-0.39, 0.29) is 0 Å². The molecule has 0 radical (unpaired) electrons. The molecule has 5 heteroatoms. The summed E-state index contributed by atoms with van der Waals surface area (Å²) >= 11 is 7.14. The quantitative estimate of drug-likeness (QED) is 0.834. The van der Waals surface area contributed by atoms with Crippen LogP contribution < -0.4 is 5.32 Å². The van der Waals surface area contributed by atoms with Crippen LogP contribution in [0.25, 0.3) is 0 Å². The summed E-state index contributed by atoms with van der Waals surface area (Å²) in [6, 6.07) is 7.28. The lowest BCUT2D eigenvalue weighted by Gasteiger charge is -2.01. The molecule has 0 aliphatic rings. The number of thiazole rings is 1. The van der Waals surface area contributed by atoms with E-state index in [0.29, 0.717) is 15.8 Å². The number of rotatable bonds is 3. The van der Waals surface area contributed by atoms with Crippen LogP contribution in [0.4, 0.5) is 10.8 Å². The zero-order chi connectivity index (χ0) is 10.7. The second-order valence-electron chi connectivity index (χ2n) is 2.83. The van der Waals surface area contributed by atoms with Gasteiger partial charge in [-0.25, -0.2) is 4.98 Å². The summed E-state index contributed by atoms with van der Waals surface area (Å²) in [6.07, 6.45) is 0.726. The van der Waals surface area contributed by atoms with Crippen LogP contribution in [0, 0.1) is 0 Å². The minimum atomic E-state index is 0.441. The lowest BCUT2D eigenvalue weighted by molar-refractivity contribution is 0.111. The van der Waals surface area contributed by atoms with Gasteiger partial charge in [0.1, 0.15) is 5.69 Å². The van der Waals surface area contributed by atoms with Crippen molar-refractivity contribution < 1.29 is 4.79 Å². The van der Waals surface area contributed by atoms with Crippen LogP contribution in [0.1, 0.15) is 10.5 Å². The standard InChI is InChI=1S/C10H7ClN2OS/c11-7-1-3-8(4-2-7)12-10-13-9(5-14)6-15-10/h1-6H,(H,12,13). The lowest BCUT2D eigenvalue weighted by Crippen LogP contribution is -1.89. The molecule has 76 valence electrons. The van der Waals surface area contributed by atoms with Gasteiger partial charge in [0.15, 0.2) is 11.4 Å². The summed E-state index contributed by atoms with van der Waals surface area (Å²) in [7, 11) is 0. The van der Waals surface area contributed by atoms with Crippen molar-refractivity contribution >= 4 is 40.0 Å². The minimum Gasteiger partial charge on any atom is -0.332 e. The highest BCUT2D eigenvalue weighted by molar-refractivity contribution is 7.13. The van der Waals surface area contributed by atoms with Crippen molar-refractivity contribution in [2.24, 2.45) is 0 Å². The summed E-state index contributed by atoms with van der Waals surface area (Å²) in [5.74, 6) is 0. The number of carbonyl (C=O) groups is 1. The molecular weight excluding hydrogens is 232 g/mol. The van der Waals surface area contributed by atoms with E-state index >= 15 is 0 Å². The Hall–Kier alpha value is -1.39. The average molecular weight is 239 g/mol. The maximum absolute atomic E-state index is 10.4. The predicted molar refractivity (Wildman–Crippen MR) is 62.2 cm³/mol. The molecule has 0 aliphatic carbocycles. The van der Waals surface area contributed by atoms with Crippen LogP contribution in [0.15, 0.2) is 29.6 Å². The molecule has 0 saturated carbocycles. The Morgan fingerprint density at radius 1 is 1.33 bits per heavy atom. The first-order chi connectivity index (χ1) is 7.28. The lowest BCUT2D eigenvalue weighted by atomic mass is 10.3. The number of anilines is 2. The van der Waals surface area contributed by atoms with E-state index in [0.717, 1.165) is 12.0 Å². The third-order valence-electron chi connectivity index (χ3n) is 1.74. The van der Waals surface area contributed by atoms with Crippen molar-refractivity contribution in [3.63, 3.8) is 0 Å². The minimum absolute atomic E-state index is 0.441. The smallest absolute Gasteiger partial charge is 0.187 e. The fourth-order valence-electron chi connectivity index (χ4n) is 1.05. The van der Waals surface area contributed by atoms with Crippen LogP contribution in [-0.4, -0.2) is 11.3 Å². The van der Waals surface area contributed by atoms with Crippen LogP contribution in [-0.2, 0) is 0 Å². The number of nitrogens with one attached hydrogen (secondary N) is 1. The maximum atomic E-state index is 10.4. The molecule has 1 aromatic heterocycles. The number of halogens is 1. The molecule has 0 saturated heterocycles. The Labute approximate surface area is 95.7 Å². The van der Waals surface area contributed by atoms with Gasteiger partial charge in [0.05, 0.1) is 0 Å². The summed E-state index contributed by atoms with van der Waals surface area (Å²) < 4.78 is 0. The van der Waals surface area contributed by atoms with Crippen molar-refractivity contribution in [1.82, 2.24) is 4.98 Å². The van der Waals surface area contributed by atoms with Gasteiger partial charge in [0.25, 0.3) is 0 Å². The summed E-state index contributed by atoms with van der Waals surface area (Å²) in [6.45, 7) is 0. The van der Waals surface area contributed by atoms with E-state index < -0.39 is 0 Å². The topological polar surface area (TPSA) is 42.0 Å². The first kappa shape index (κ1) is 10.1. The molecule has 0 amide bonds. The van der Waals surface area contributed by atoms with E-state index in [1.54, 1.807) is 17.5 Å². The van der Waals surface area contributed by atoms with E-state index in [1.165, 1.54) is 11.3 Å². The number of carbonyl (C=O) groups excluding carboxylic acids is 1. The number of benzene rings is 1. The van der Waals surface area contributed by atoms with Gasteiger partial charge in [-0.15, -0.1) is 11.3 Å². The Morgan fingerprint density at radius 2 is 2.07 bits per heavy atom. The molecule has 2 rings (SSSR count). The SMILES string of the molecule is O=Cc1csc(Nc2ccc(Cl)cc2)n1. The van der Waals surface area contributed by atoms with Crippen molar-refractivity contribution in [2.45, 2.75) is 0 Å².